The van der Waals surface area contributed by atoms with Gasteiger partial charge in [-0.3, -0.25) is 9.59 Å². The molecule has 0 unspecified atom stereocenters. The molecular formula is C23H28N6O2. The van der Waals surface area contributed by atoms with Gasteiger partial charge < -0.3 is 20.0 Å². The molecule has 2 aromatic rings. The molecule has 0 radical (unpaired) electrons. The lowest BCUT2D eigenvalue weighted by Gasteiger charge is -2.21. The van der Waals surface area contributed by atoms with Crippen molar-refractivity contribution < 1.29 is 9.59 Å². The maximum absolute atomic E-state index is 13.2. The van der Waals surface area contributed by atoms with Crippen molar-refractivity contribution in [2.45, 2.75) is 25.3 Å². The molecule has 0 spiro atoms. The average Bonchev–Trinajstić information content (AvgIpc) is 3.56. The number of likely N-dealkylation sites (N-methyl/N-ethyl adjacent to an activating group) is 1. The lowest BCUT2D eigenvalue weighted by Crippen LogP contribution is -2.26. The topological polar surface area (TPSA) is 81.7 Å². The molecule has 2 aliphatic rings. The van der Waals surface area contributed by atoms with Gasteiger partial charge in [0.15, 0.2) is 11.6 Å². The molecular weight excluding hydrogens is 392 g/mol. The van der Waals surface area contributed by atoms with Crippen LogP contribution < -0.4 is 15.1 Å². The van der Waals surface area contributed by atoms with E-state index in [-0.39, 0.29) is 18.1 Å². The minimum atomic E-state index is -0.149. The molecule has 8 nitrogen and oxygen atoms in total. The number of rotatable bonds is 7. The number of nitrogens with one attached hydrogen (secondary N) is 1. The molecule has 0 saturated heterocycles. The summed E-state index contributed by atoms with van der Waals surface area (Å²) in [6.07, 6.45) is 7.65. The van der Waals surface area contributed by atoms with Crippen LogP contribution in [0.15, 0.2) is 36.5 Å². The van der Waals surface area contributed by atoms with Crippen molar-refractivity contribution >= 4 is 34.8 Å². The van der Waals surface area contributed by atoms with E-state index >= 15 is 0 Å². The van der Waals surface area contributed by atoms with Crippen molar-refractivity contribution in [2.75, 3.05) is 49.9 Å². The SMILES string of the molecule is CN(C)C/C=C/C(=O)Cc1ccc2c(c1)C(=O)N(C)c1cnc(NC3CC3)nc1N2C. The molecule has 1 aromatic carbocycles. The molecule has 1 aliphatic heterocycles. The van der Waals surface area contributed by atoms with E-state index < -0.39 is 0 Å². The maximum Gasteiger partial charge on any atom is 0.260 e. The Labute approximate surface area is 182 Å². The number of anilines is 4. The second-order valence-corrected chi connectivity index (χ2v) is 8.40. The average molecular weight is 421 g/mol. The standard InChI is InChI=1S/C23H28N6O2/c1-27(2)11-5-6-17(30)12-15-7-10-19-18(13-15)22(31)29(4)20-14-24-23(25-16-8-9-16)26-21(20)28(19)3/h5-7,10,13-14,16H,8-9,11-12H2,1-4H3,(H,24,25,26)/b6-5+. The molecule has 0 bridgehead atoms. The quantitative estimate of drug-likeness (QED) is 0.690. The second kappa shape index (κ2) is 8.47. The molecule has 1 N–H and O–H groups in total. The Morgan fingerprint density at radius 1 is 1.23 bits per heavy atom. The monoisotopic (exact) mass is 420 g/mol. The first-order valence-corrected chi connectivity index (χ1v) is 10.5. The number of aromatic nitrogens is 2. The fourth-order valence-corrected chi connectivity index (χ4v) is 3.55. The summed E-state index contributed by atoms with van der Waals surface area (Å²) in [5, 5.41) is 3.31. The Hall–Kier alpha value is -3.26. The van der Waals surface area contributed by atoms with Crippen LogP contribution in [0.1, 0.15) is 28.8 Å². The Morgan fingerprint density at radius 2 is 2.00 bits per heavy atom. The van der Waals surface area contributed by atoms with Crippen LogP contribution in [0, 0.1) is 0 Å². The van der Waals surface area contributed by atoms with Gasteiger partial charge in [-0.05, 0) is 50.7 Å². The molecule has 1 amide bonds. The van der Waals surface area contributed by atoms with Gasteiger partial charge in [-0.2, -0.15) is 4.98 Å². The van der Waals surface area contributed by atoms with Gasteiger partial charge in [-0.25, -0.2) is 4.98 Å². The Kier molecular flexibility index (Phi) is 5.73. The van der Waals surface area contributed by atoms with E-state index in [1.54, 1.807) is 24.2 Å². The number of benzene rings is 1. The molecule has 1 aromatic heterocycles. The number of fused-ring (bicyclic) bond motifs is 2. The van der Waals surface area contributed by atoms with Crippen molar-refractivity contribution in [1.29, 1.82) is 0 Å². The molecule has 2 heterocycles. The van der Waals surface area contributed by atoms with Crippen LogP contribution in [0.25, 0.3) is 0 Å². The van der Waals surface area contributed by atoms with E-state index in [1.807, 2.05) is 55.2 Å². The summed E-state index contributed by atoms with van der Waals surface area (Å²) in [5.41, 5.74) is 2.75. The minimum absolute atomic E-state index is 0.00882. The molecule has 4 rings (SSSR count). The molecule has 31 heavy (non-hydrogen) atoms. The van der Waals surface area contributed by atoms with Gasteiger partial charge in [0.25, 0.3) is 5.91 Å². The van der Waals surface area contributed by atoms with Crippen LogP contribution in [-0.4, -0.2) is 67.3 Å². The van der Waals surface area contributed by atoms with E-state index in [0.29, 0.717) is 35.6 Å². The molecule has 1 fully saturated rings. The number of allylic oxidation sites excluding steroid dienone is 1. The summed E-state index contributed by atoms with van der Waals surface area (Å²) in [5.74, 6) is 1.10. The van der Waals surface area contributed by atoms with Gasteiger partial charge in [-0.15, -0.1) is 0 Å². The number of carbonyl (C=O) groups excluding carboxylic acids is 2. The summed E-state index contributed by atoms with van der Waals surface area (Å²) in [4.78, 5) is 40.1. The first kappa shape index (κ1) is 21.0. The normalized spacial score (nSPS) is 15.8. The Bertz CT molecular complexity index is 1040. The largest absolute Gasteiger partial charge is 0.351 e. The minimum Gasteiger partial charge on any atom is -0.351 e. The van der Waals surface area contributed by atoms with E-state index in [2.05, 4.69) is 15.3 Å². The highest BCUT2D eigenvalue weighted by Crippen LogP contribution is 2.38. The van der Waals surface area contributed by atoms with Crippen LogP contribution in [0.5, 0.6) is 0 Å². The van der Waals surface area contributed by atoms with E-state index in [4.69, 9.17) is 0 Å². The van der Waals surface area contributed by atoms with Gasteiger partial charge in [0, 0.05) is 33.1 Å². The molecule has 162 valence electrons. The molecule has 1 aliphatic carbocycles. The third-order valence-corrected chi connectivity index (χ3v) is 5.45. The highest BCUT2D eigenvalue weighted by atomic mass is 16.2. The lowest BCUT2D eigenvalue weighted by molar-refractivity contribution is -0.114. The predicted molar refractivity (Wildman–Crippen MR) is 122 cm³/mol. The summed E-state index contributed by atoms with van der Waals surface area (Å²) in [6.45, 7) is 0.709. The number of ketones is 1. The summed E-state index contributed by atoms with van der Waals surface area (Å²) >= 11 is 0. The summed E-state index contributed by atoms with van der Waals surface area (Å²) in [6, 6.07) is 6.03. The maximum atomic E-state index is 13.2. The van der Waals surface area contributed by atoms with Crippen molar-refractivity contribution in [2.24, 2.45) is 0 Å². The van der Waals surface area contributed by atoms with Gasteiger partial charge in [0.2, 0.25) is 5.95 Å². The van der Waals surface area contributed by atoms with Crippen molar-refractivity contribution in [3.63, 3.8) is 0 Å². The van der Waals surface area contributed by atoms with E-state index in [1.165, 1.54) is 0 Å². The van der Waals surface area contributed by atoms with E-state index in [9.17, 15) is 9.59 Å². The third-order valence-electron chi connectivity index (χ3n) is 5.45. The number of hydrogen-bond donors (Lipinski definition) is 1. The van der Waals surface area contributed by atoms with Crippen molar-refractivity contribution in [3.05, 3.63) is 47.7 Å². The van der Waals surface area contributed by atoms with Gasteiger partial charge >= 0.3 is 0 Å². The van der Waals surface area contributed by atoms with Gasteiger partial charge in [0.05, 0.1) is 17.4 Å². The number of amides is 1. The Morgan fingerprint density at radius 3 is 2.71 bits per heavy atom. The summed E-state index contributed by atoms with van der Waals surface area (Å²) < 4.78 is 0. The molecule has 1 saturated carbocycles. The number of carbonyl (C=O) groups is 2. The smallest absolute Gasteiger partial charge is 0.260 e. The third kappa shape index (κ3) is 4.59. The summed E-state index contributed by atoms with van der Waals surface area (Å²) in [7, 11) is 7.52. The number of nitrogens with zero attached hydrogens (tertiary/aromatic N) is 5. The molecule has 0 atom stereocenters. The zero-order chi connectivity index (χ0) is 22.1. The predicted octanol–water partition coefficient (Wildman–Crippen LogP) is 2.64. The first-order valence-electron chi connectivity index (χ1n) is 10.5. The van der Waals surface area contributed by atoms with Gasteiger partial charge in [0.1, 0.15) is 5.69 Å². The van der Waals surface area contributed by atoms with Crippen LogP contribution in [0.2, 0.25) is 0 Å². The van der Waals surface area contributed by atoms with E-state index in [0.717, 1.165) is 24.1 Å². The fourth-order valence-electron chi connectivity index (χ4n) is 3.55. The highest BCUT2D eigenvalue weighted by molar-refractivity contribution is 6.13. The van der Waals surface area contributed by atoms with Crippen LogP contribution in [0.4, 0.5) is 23.1 Å². The fraction of sp³-hybridized carbons (Fsp3) is 0.391. The van der Waals surface area contributed by atoms with Gasteiger partial charge in [-0.1, -0.05) is 12.1 Å². The first-order chi connectivity index (χ1) is 14.8. The zero-order valence-electron chi connectivity index (χ0n) is 18.4. The lowest BCUT2D eigenvalue weighted by atomic mass is 10.0. The number of hydrogen-bond acceptors (Lipinski definition) is 7. The second-order valence-electron chi connectivity index (χ2n) is 8.40. The Balaban J connectivity index is 1.62. The van der Waals surface area contributed by atoms with Crippen LogP contribution >= 0.6 is 0 Å². The van der Waals surface area contributed by atoms with Crippen molar-refractivity contribution in [3.8, 4) is 0 Å². The van der Waals surface area contributed by atoms with Crippen molar-refractivity contribution in [1.82, 2.24) is 14.9 Å². The zero-order valence-corrected chi connectivity index (χ0v) is 18.4. The van der Waals surface area contributed by atoms with Crippen LogP contribution in [-0.2, 0) is 11.2 Å². The molecule has 8 heteroatoms. The highest BCUT2D eigenvalue weighted by Gasteiger charge is 2.30. The van der Waals surface area contributed by atoms with Crippen LogP contribution in [0.3, 0.4) is 0 Å².